The summed E-state index contributed by atoms with van der Waals surface area (Å²) in [5.74, 6) is 0.213. The van der Waals surface area contributed by atoms with Crippen molar-refractivity contribution in [2.45, 2.75) is 13.3 Å². The highest BCUT2D eigenvalue weighted by atomic mass is 35.5. The first kappa shape index (κ1) is 15.9. The lowest BCUT2D eigenvalue weighted by molar-refractivity contribution is -0.130. The normalized spacial score (nSPS) is 14.9. The molecule has 2 aromatic rings. The van der Waals surface area contributed by atoms with Gasteiger partial charge in [0.05, 0.1) is 6.42 Å². The first-order chi connectivity index (χ1) is 11.1. The van der Waals surface area contributed by atoms with Gasteiger partial charge in [-0.15, -0.1) is 0 Å². The Kier molecular flexibility index (Phi) is 4.87. The zero-order valence-corrected chi connectivity index (χ0v) is 14.1. The third kappa shape index (κ3) is 3.85. The van der Waals surface area contributed by atoms with E-state index in [0.717, 1.165) is 42.5 Å². The molecule has 0 bridgehead atoms. The van der Waals surface area contributed by atoms with Crippen molar-refractivity contribution in [1.82, 2.24) is 4.90 Å². The average molecular weight is 329 g/mol. The van der Waals surface area contributed by atoms with Crippen LogP contribution in [-0.4, -0.2) is 37.0 Å². The number of nitrogens with zero attached hydrogens (tertiary/aromatic N) is 2. The third-order valence-electron chi connectivity index (χ3n) is 4.41. The first-order valence-corrected chi connectivity index (χ1v) is 8.34. The molecule has 0 aromatic heterocycles. The zero-order chi connectivity index (χ0) is 16.2. The quantitative estimate of drug-likeness (QED) is 0.860. The van der Waals surface area contributed by atoms with Gasteiger partial charge in [0.1, 0.15) is 0 Å². The predicted octanol–water partition coefficient (Wildman–Crippen LogP) is 3.54. The van der Waals surface area contributed by atoms with Crippen LogP contribution in [0.15, 0.2) is 48.5 Å². The molecule has 0 aliphatic carbocycles. The molecule has 1 saturated heterocycles. The number of anilines is 1. The lowest BCUT2D eigenvalue weighted by Gasteiger charge is -2.36. The van der Waals surface area contributed by atoms with E-state index in [2.05, 4.69) is 24.0 Å². The van der Waals surface area contributed by atoms with Gasteiger partial charge in [-0.25, -0.2) is 0 Å². The van der Waals surface area contributed by atoms with E-state index in [-0.39, 0.29) is 5.91 Å². The van der Waals surface area contributed by atoms with E-state index in [9.17, 15) is 4.79 Å². The SMILES string of the molecule is Cc1ccccc1CC(=O)N1CCN(c2cccc(Cl)c2)CC1. The second kappa shape index (κ2) is 7.05. The van der Waals surface area contributed by atoms with Gasteiger partial charge in [-0.2, -0.15) is 0 Å². The molecule has 0 saturated carbocycles. The van der Waals surface area contributed by atoms with E-state index in [1.807, 2.05) is 41.3 Å². The maximum atomic E-state index is 12.5. The summed E-state index contributed by atoms with van der Waals surface area (Å²) in [6, 6.07) is 16.0. The monoisotopic (exact) mass is 328 g/mol. The van der Waals surface area contributed by atoms with Crippen molar-refractivity contribution in [1.29, 1.82) is 0 Å². The van der Waals surface area contributed by atoms with Gasteiger partial charge in [0.2, 0.25) is 5.91 Å². The standard InChI is InChI=1S/C19H21ClN2O/c1-15-5-2-3-6-16(15)13-19(23)22-11-9-21(10-12-22)18-8-4-7-17(20)14-18/h2-8,14H,9-13H2,1H3. The van der Waals surface area contributed by atoms with E-state index in [0.29, 0.717) is 6.42 Å². The number of rotatable bonds is 3. The van der Waals surface area contributed by atoms with Gasteiger partial charge in [0.25, 0.3) is 0 Å². The summed E-state index contributed by atoms with van der Waals surface area (Å²) in [6.07, 6.45) is 0.490. The molecular formula is C19H21ClN2O. The number of hydrogen-bond acceptors (Lipinski definition) is 2. The summed E-state index contributed by atoms with van der Waals surface area (Å²) in [5, 5.41) is 0.751. The Balaban J connectivity index is 1.58. The van der Waals surface area contributed by atoms with Gasteiger partial charge < -0.3 is 9.80 Å². The van der Waals surface area contributed by atoms with Crippen LogP contribution >= 0.6 is 11.6 Å². The maximum Gasteiger partial charge on any atom is 0.227 e. The number of piperazine rings is 1. The molecule has 1 fully saturated rings. The molecule has 2 aromatic carbocycles. The van der Waals surface area contributed by atoms with E-state index >= 15 is 0 Å². The fraction of sp³-hybridized carbons (Fsp3) is 0.316. The number of halogens is 1. The number of hydrogen-bond donors (Lipinski definition) is 0. The molecule has 0 radical (unpaired) electrons. The van der Waals surface area contributed by atoms with Gasteiger partial charge in [-0.1, -0.05) is 41.9 Å². The molecule has 3 rings (SSSR count). The summed E-state index contributed by atoms with van der Waals surface area (Å²) in [6.45, 7) is 5.27. The highest BCUT2D eigenvalue weighted by molar-refractivity contribution is 6.30. The van der Waals surface area contributed by atoms with Crippen molar-refractivity contribution in [3.8, 4) is 0 Å². The van der Waals surface area contributed by atoms with Gasteiger partial charge in [0, 0.05) is 36.9 Å². The Morgan fingerprint density at radius 2 is 1.78 bits per heavy atom. The molecule has 0 N–H and O–H groups in total. The van der Waals surface area contributed by atoms with Crippen LogP contribution in [-0.2, 0) is 11.2 Å². The van der Waals surface area contributed by atoms with Crippen molar-refractivity contribution in [2.75, 3.05) is 31.1 Å². The topological polar surface area (TPSA) is 23.6 Å². The molecule has 0 spiro atoms. The fourth-order valence-electron chi connectivity index (χ4n) is 2.97. The number of carbonyl (C=O) groups is 1. The summed E-state index contributed by atoms with van der Waals surface area (Å²) in [5.41, 5.74) is 3.43. The van der Waals surface area contributed by atoms with Crippen LogP contribution in [0.3, 0.4) is 0 Å². The highest BCUT2D eigenvalue weighted by Crippen LogP contribution is 2.21. The molecule has 1 heterocycles. The Morgan fingerprint density at radius 1 is 1.04 bits per heavy atom. The van der Waals surface area contributed by atoms with Gasteiger partial charge in [0.15, 0.2) is 0 Å². The number of benzene rings is 2. The summed E-state index contributed by atoms with van der Waals surface area (Å²) < 4.78 is 0. The van der Waals surface area contributed by atoms with Crippen LogP contribution in [0.25, 0.3) is 0 Å². The maximum absolute atomic E-state index is 12.5. The number of aryl methyl sites for hydroxylation is 1. The Hall–Kier alpha value is -2.00. The predicted molar refractivity (Wildman–Crippen MR) is 95.1 cm³/mol. The van der Waals surface area contributed by atoms with Crippen molar-refractivity contribution in [2.24, 2.45) is 0 Å². The van der Waals surface area contributed by atoms with Crippen molar-refractivity contribution in [3.63, 3.8) is 0 Å². The van der Waals surface area contributed by atoms with E-state index < -0.39 is 0 Å². The Labute approximate surface area is 142 Å². The molecule has 120 valence electrons. The molecule has 0 unspecified atom stereocenters. The lowest BCUT2D eigenvalue weighted by atomic mass is 10.1. The lowest BCUT2D eigenvalue weighted by Crippen LogP contribution is -2.49. The van der Waals surface area contributed by atoms with Crippen LogP contribution in [0.4, 0.5) is 5.69 Å². The minimum Gasteiger partial charge on any atom is -0.368 e. The van der Waals surface area contributed by atoms with Gasteiger partial charge >= 0.3 is 0 Å². The zero-order valence-electron chi connectivity index (χ0n) is 13.3. The summed E-state index contributed by atoms with van der Waals surface area (Å²) >= 11 is 6.06. The molecular weight excluding hydrogens is 308 g/mol. The van der Waals surface area contributed by atoms with Crippen molar-refractivity contribution >= 4 is 23.2 Å². The second-order valence-electron chi connectivity index (χ2n) is 5.95. The number of carbonyl (C=O) groups excluding carboxylic acids is 1. The van der Waals surface area contributed by atoms with Crippen LogP contribution in [0.5, 0.6) is 0 Å². The van der Waals surface area contributed by atoms with Gasteiger partial charge in [-0.05, 0) is 36.2 Å². The minimum absolute atomic E-state index is 0.213. The van der Waals surface area contributed by atoms with Gasteiger partial charge in [-0.3, -0.25) is 4.79 Å². The molecule has 1 amide bonds. The molecule has 1 aliphatic rings. The largest absolute Gasteiger partial charge is 0.368 e. The smallest absolute Gasteiger partial charge is 0.227 e. The minimum atomic E-state index is 0.213. The average Bonchev–Trinajstić information content (AvgIpc) is 2.57. The Bertz CT molecular complexity index is 693. The molecule has 4 heteroatoms. The molecule has 1 aliphatic heterocycles. The highest BCUT2D eigenvalue weighted by Gasteiger charge is 2.21. The van der Waals surface area contributed by atoms with E-state index in [1.165, 1.54) is 5.56 Å². The van der Waals surface area contributed by atoms with Crippen LogP contribution in [0, 0.1) is 6.92 Å². The first-order valence-electron chi connectivity index (χ1n) is 7.96. The third-order valence-corrected chi connectivity index (χ3v) is 4.64. The molecule has 0 atom stereocenters. The molecule has 23 heavy (non-hydrogen) atoms. The summed E-state index contributed by atoms with van der Waals surface area (Å²) in [4.78, 5) is 16.8. The fourth-order valence-corrected chi connectivity index (χ4v) is 3.15. The second-order valence-corrected chi connectivity index (χ2v) is 6.39. The van der Waals surface area contributed by atoms with Crippen LogP contribution in [0.1, 0.15) is 11.1 Å². The van der Waals surface area contributed by atoms with Crippen molar-refractivity contribution < 1.29 is 4.79 Å². The summed E-state index contributed by atoms with van der Waals surface area (Å²) in [7, 11) is 0. The van der Waals surface area contributed by atoms with Crippen LogP contribution in [0.2, 0.25) is 5.02 Å². The van der Waals surface area contributed by atoms with E-state index in [4.69, 9.17) is 11.6 Å². The molecule has 3 nitrogen and oxygen atoms in total. The van der Waals surface area contributed by atoms with Crippen LogP contribution < -0.4 is 4.90 Å². The van der Waals surface area contributed by atoms with Crippen molar-refractivity contribution in [3.05, 3.63) is 64.7 Å². The Morgan fingerprint density at radius 3 is 2.48 bits per heavy atom. The number of amides is 1. The van der Waals surface area contributed by atoms with E-state index in [1.54, 1.807) is 0 Å².